The van der Waals surface area contributed by atoms with Gasteiger partial charge in [0.25, 0.3) is 5.56 Å². The lowest BCUT2D eigenvalue weighted by Gasteiger charge is -2.26. The fourth-order valence-electron chi connectivity index (χ4n) is 6.27. The maximum absolute atomic E-state index is 13.3. The molecule has 0 aromatic carbocycles. The molecule has 2 aliphatic heterocycles. The maximum atomic E-state index is 13.3. The van der Waals surface area contributed by atoms with Crippen LogP contribution in [0.4, 0.5) is 11.8 Å². The van der Waals surface area contributed by atoms with E-state index in [2.05, 4.69) is 24.9 Å². The number of H-pyrrole nitrogens is 1. The van der Waals surface area contributed by atoms with E-state index in [0.29, 0.717) is 10.9 Å². The molecule has 4 unspecified atom stereocenters. The third kappa shape index (κ3) is 5.32. The van der Waals surface area contributed by atoms with Crippen molar-refractivity contribution in [2.75, 3.05) is 24.7 Å². The molecule has 3 fully saturated rings. The van der Waals surface area contributed by atoms with Crippen LogP contribution in [0.3, 0.4) is 0 Å². The summed E-state index contributed by atoms with van der Waals surface area (Å²) in [6.07, 6.45) is -5.03. The predicted molar refractivity (Wildman–Crippen MR) is 154 cm³/mol. The molecule has 6 heterocycles. The minimum Gasteiger partial charge on any atom is -0.390 e. The Hall–Kier alpha value is -3.33. The SMILES string of the molecule is Cc1cn([C@@H]2O[C@@H]3COP(=O)(O)O[C@H]4C(O)[C@@H](COP(=O)(O)OC3[C@@H]2O)C[C@H]4n2cnc3c(=O)[nH]c(N)nc32)c2ncnc(N)c12. The smallest absolute Gasteiger partial charge is 0.390 e. The Morgan fingerprint density at radius 2 is 1.70 bits per heavy atom. The van der Waals surface area contributed by atoms with Crippen molar-refractivity contribution < 1.29 is 52.0 Å². The van der Waals surface area contributed by atoms with E-state index in [0.717, 1.165) is 0 Å². The van der Waals surface area contributed by atoms with Gasteiger partial charge in [0.05, 0.1) is 37.1 Å². The molecule has 0 radical (unpaired) electrons. The number of aliphatic hydroxyl groups is 2. The van der Waals surface area contributed by atoms with Crippen LogP contribution < -0.4 is 17.0 Å². The Morgan fingerprint density at radius 3 is 2.46 bits per heavy atom. The number of rotatable bonds is 2. The minimum atomic E-state index is -5.03. The minimum absolute atomic E-state index is 0.00150. The molecule has 21 nitrogen and oxygen atoms in total. The van der Waals surface area contributed by atoms with Gasteiger partial charge in [-0.25, -0.2) is 24.1 Å². The van der Waals surface area contributed by atoms with Crippen molar-refractivity contribution in [2.24, 2.45) is 5.92 Å². The first kappa shape index (κ1) is 31.3. The molecule has 7 rings (SSSR count). The van der Waals surface area contributed by atoms with Crippen LogP contribution in [0.1, 0.15) is 24.3 Å². The van der Waals surface area contributed by atoms with Gasteiger partial charge in [-0.2, -0.15) is 4.98 Å². The second kappa shape index (κ2) is 11.1. The first-order valence-electron chi connectivity index (χ1n) is 13.9. The lowest BCUT2D eigenvalue weighted by Crippen LogP contribution is -2.36. The number of anilines is 2. The number of hydrogen-bond acceptors (Lipinski definition) is 16. The predicted octanol–water partition coefficient (Wildman–Crippen LogP) is -0.764. The molecular weight excluding hydrogens is 656 g/mol. The lowest BCUT2D eigenvalue weighted by atomic mass is 10.1. The number of hydrogen-bond donors (Lipinski definition) is 7. The number of phosphoric ester groups is 2. The highest BCUT2D eigenvalue weighted by atomic mass is 31.2. The molecule has 1 saturated carbocycles. The standard InChI is InChI=1S/C23H29N9O12P2/c1-8-3-31(19-12(8)18(24)26-6-27-19)22-15(34)17-11(42-22)5-41-46(38,39)43-16-10(2-9(14(16)33)4-40-45(36,37)44-17)32-7-28-13-20(32)29-23(25)30-21(13)35/h3,6-7,9-11,14-17,22,33-34H,2,4-5H2,1H3,(H,36,37)(H,38,39)(H2,24,26,27)(H3,25,29,30,35)/t9-,10-,11-,14?,15+,16-,17?,22-/m1/s1. The number of phosphoric acid groups is 2. The molecule has 4 aromatic rings. The first-order valence-corrected chi connectivity index (χ1v) is 16.8. The number of aromatic nitrogens is 7. The Kier molecular flexibility index (Phi) is 7.57. The lowest BCUT2D eigenvalue weighted by molar-refractivity contribution is -0.0551. The van der Waals surface area contributed by atoms with Crippen molar-refractivity contribution in [3.63, 3.8) is 0 Å². The number of imidazole rings is 1. The molecule has 2 saturated heterocycles. The zero-order chi connectivity index (χ0) is 32.7. The van der Waals surface area contributed by atoms with Gasteiger partial charge in [0.2, 0.25) is 5.95 Å². The van der Waals surface area contributed by atoms with E-state index in [1.165, 1.54) is 21.8 Å². The van der Waals surface area contributed by atoms with Crippen LogP contribution in [0.2, 0.25) is 0 Å². The molecule has 46 heavy (non-hydrogen) atoms. The average Bonchev–Trinajstić information content (AvgIpc) is 3.71. The van der Waals surface area contributed by atoms with Crippen LogP contribution in [0, 0.1) is 12.8 Å². The second-order valence-corrected chi connectivity index (χ2v) is 14.0. The van der Waals surface area contributed by atoms with Gasteiger partial charge in [-0.05, 0) is 18.9 Å². The third-order valence-electron chi connectivity index (χ3n) is 8.33. The summed E-state index contributed by atoms with van der Waals surface area (Å²) in [6, 6.07) is -0.991. The molecule has 4 aromatic heterocycles. The number of nitrogens with two attached hydrogens (primary N) is 2. The zero-order valence-corrected chi connectivity index (χ0v) is 25.5. The summed E-state index contributed by atoms with van der Waals surface area (Å²) in [5, 5.41) is 22.9. The van der Waals surface area contributed by atoms with Crippen molar-refractivity contribution in [3.8, 4) is 0 Å². The molecule has 23 heteroatoms. The molecule has 3 aliphatic rings. The number of aryl methyl sites for hydroxylation is 1. The van der Waals surface area contributed by atoms with Gasteiger partial charge in [-0.1, -0.05) is 0 Å². The average molecular weight is 685 g/mol. The summed E-state index contributed by atoms with van der Waals surface area (Å²) in [7, 11) is -10.0. The number of ether oxygens (including phenoxy) is 1. The highest BCUT2D eigenvalue weighted by molar-refractivity contribution is 7.47. The number of fused-ring (bicyclic) bond motifs is 5. The van der Waals surface area contributed by atoms with Gasteiger partial charge >= 0.3 is 15.6 Å². The highest BCUT2D eigenvalue weighted by Crippen LogP contribution is 2.55. The van der Waals surface area contributed by atoms with Crippen LogP contribution in [0.15, 0.2) is 23.6 Å². The van der Waals surface area contributed by atoms with E-state index in [4.69, 9.17) is 34.3 Å². The Morgan fingerprint density at radius 1 is 0.978 bits per heavy atom. The largest absolute Gasteiger partial charge is 0.472 e. The summed E-state index contributed by atoms with van der Waals surface area (Å²) < 4.78 is 56.5. The highest BCUT2D eigenvalue weighted by Gasteiger charge is 2.53. The molecule has 1 aliphatic carbocycles. The zero-order valence-electron chi connectivity index (χ0n) is 23.8. The normalized spacial score (nSPS) is 37.2. The van der Waals surface area contributed by atoms with Crippen molar-refractivity contribution in [3.05, 3.63) is 34.8 Å². The van der Waals surface area contributed by atoms with Crippen LogP contribution in [-0.4, -0.2) is 97.8 Å². The van der Waals surface area contributed by atoms with Gasteiger partial charge in [0.15, 0.2) is 17.4 Å². The van der Waals surface area contributed by atoms with Gasteiger partial charge < -0.3 is 45.3 Å². The number of aliphatic hydroxyl groups excluding tert-OH is 2. The monoisotopic (exact) mass is 685 g/mol. The fraction of sp³-hybridized carbons (Fsp3) is 0.522. The fourth-order valence-corrected chi connectivity index (χ4v) is 8.25. The molecule has 0 amide bonds. The molecule has 0 spiro atoms. The van der Waals surface area contributed by atoms with Gasteiger partial charge in [-0.3, -0.25) is 27.9 Å². The molecule has 248 valence electrons. The van der Waals surface area contributed by atoms with E-state index in [-0.39, 0.29) is 35.0 Å². The molecular formula is C23H29N9O12P2. The topological polar surface area (TPSA) is 308 Å². The maximum Gasteiger partial charge on any atom is 0.472 e. The van der Waals surface area contributed by atoms with Gasteiger partial charge in [0.1, 0.15) is 42.2 Å². The van der Waals surface area contributed by atoms with E-state index >= 15 is 0 Å². The van der Waals surface area contributed by atoms with Crippen LogP contribution in [0.25, 0.3) is 22.2 Å². The number of nitrogens with zero attached hydrogens (tertiary/aromatic N) is 6. The molecule has 9 N–H and O–H groups in total. The van der Waals surface area contributed by atoms with E-state index < -0.39 is 83.1 Å². The Bertz CT molecular complexity index is 1980. The van der Waals surface area contributed by atoms with Crippen LogP contribution >= 0.6 is 15.6 Å². The van der Waals surface area contributed by atoms with Crippen LogP contribution in [-0.2, 0) is 32.0 Å². The Labute approximate surface area is 257 Å². The van der Waals surface area contributed by atoms with E-state index in [1.54, 1.807) is 13.1 Å². The first-order chi connectivity index (χ1) is 21.7. The van der Waals surface area contributed by atoms with Crippen molar-refractivity contribution in [1.29, 1.82) is 0 Å². The summed E-state index contributed by atoms with van der Waals surface area (Å²) in [4.78, 5) is 52.5. The van der Waals surface area contributed by atoms with E-state index in [9.17, 15) is 33.9 Å². The van der Waals surface area contributed by atoms with Crippen molar-refractivity contribution in [2.45, 2.75) is 56.1 Å². The quantitative estimate of drug-likeness (QED) is 0.127. The summed E-state index contributed by atoms with van der Waals surface area (Å²) in [5.74, 6) is -1.02. The molecule has 10 atom stereocenters. The summed E-state index contributed by atoms with van der Waals surface area (Å²) in [5.41, 5.74) is 11.9. The Balaban J connectivity index is 1.21. The second-order valence-electron chi connectivity index (χ2n) is 11.2. The van der Waals surface area contributed by atoms with Gasteiger partial charge in [-0.15, -0.1) is 0 Å². The summed E-state index contributed by atoms with van der Waals surface area (Å²) >= 11 is 0. The third-order valence-corrected chi connectivity index (χ3v) is 10.3. The summed E-state index contributed by atoms with van der Waals surface area (Å²) in [6.45, 7) is 0.369. The van der Waals surface area contributed by atoms with Crippen molar-refractivity contribution in [1.82, 2.24) is 34.1 Å². The van der Waals surface area contributed by atoms with Crippen LogP contribution in [0.5, 0.6) is 0 Å². The van der Waals surface area contributed by atoms with Crippen molar-refractivity contribution >= 4 is 49.6 Å². The van der Waals surface area contributed by atoms with Gasteiger partial charge in [0, 0.05) is 12.1 Å². The molecule has 2 bridgehead atoms. The number of nitrogens with one attached hydrogen (secondary N) is 1. The number of nitrogen functional groups attached to an aromatic ring is 2. The van der Waals surface area contributed by atoms with E-state index in [1.807, 2.05) is 0 Å². The number of aromatic amines is 1.